The second kappa shape index (κ2) is 10.9. The van der Waals surface area contributed by atoms with Crippen molar-refractivity contribution in [2.24, 2.45) is 5.84 Å². The number of hydrogen-bond acceptors (Lipinski definition) is 2. The smallest absolute Gasteiger partial charge is 0.0460 e. The summed E-state index contributed by atoms with van der Waals surface area (Å²) in [5.41, 5.74) is 5.71. The van der Waals surface area contributed by atoms with Crippen molar-refractivity contribution in [3.63, 3.8) is 0 Å². The maximum atomic E-state index is 5.71. The summed E-state index contributed by atoms with van der Waals surface area (Å²) in [7, 11) is 0. The highest BCUT2D eigenvalue weighted by atomic mass is 15.2. The fraction of sp³-hybridized carbons (Fsp3) is 0.667. The Morgan fingerprint density at radius 2 is 1.55 bits per heavy atom. The fourth-order valence-corrected chi connectivity index (χ4v) is 2.68. The number of hydrogen-bond donors (Lipinski definition) is 2. The Kier molecular flexibility index (Phi) is 9.35. The zero-order valence-corrected chi connectivity index (χ0v) is 13.3. The quantitative estimate of drug-likeness (QED) is 0.343. The van der Waals surface area contributed by atoms with Crippen LogP contribution in [0.1, 0.15) is 82.4 Å². The average Bonchev–Trinajstić information content (AvgIpc) is 2.48. The van der Waals surface area contributed by atoms with E-state index in [4.69, 9.17) is 5.84 Å². The Morgan fingerprint density at radius 3 is 2.15 bits per heavy atom. The van der Waals surface area contributed by atoms with Gasteiger partial charge in [0.2, 0.25) is 0 Å². The molecular formula is C18H32N2. The molecule has 0 amide bonds. The van der Waals surface area contributed by atoms with E-state index in [1.807, 2.05) is 0 Å². The summed E-state index contributed by atoms with van der Waals surface area (Å²) in [6, 6.07) is 9.24. The maximum absolute atomic E-state index is 5.71. The van der Waals surface area contributed by atoms with Crippen LogP contribution in [0.25, 0.3) is 0 Å². The Hall–Kier alpha value is -0.860. The zero-order valence-electron chi connectivity index (χ0n) is 13.3. The number of rotatable bonds is 11. The monoisotopic (exact) mass is 276 g/mol. The highest BCUT2D eigenvalue weighted by Gasteiger charge is 2.08. The van der Waals surface area contributed by atoms with E-state index < -0.39 is 0 Å². The molecule has 1 rings (SSSR count). The lowest BCUT2D eigenvalue weighted by Crippen LogP contribution is -2.27. The molecule has 0 radical (unpaired) electrons. The van der Waals surface area contributed by atoms with Crippen molar-refractivity contribution >= 4 is 0 Å². The molecule has 0 saturated heterocycles. The normalized spacial score (nSPS) is 12.6. The summed E-state index contributed by atoms with van der Waals surface area (Å²) >= 11 is 0. The first kappa shape index (κ1) is 17.2. The molecule has 3 N–H and O–H groups in total. The Morgan fingerprint density at radius 1 is 0.900 bits per heavy atom. The van der Waals surface area contributed by atoms with Gasteiger partial charge in [-0.3, -0.25) is 11.3 Å². The van der Waals surface area contributed by atoms with E-state index in [1.54, 1.807) is 0 Å². The van der Waals surface area contributed by atoms with Crippen molar-refractivity contribution in [3.8, 4) is 0 Å². The van der Waals surface area contributed by atoms with Gasteiger partial charge >= 0.3 is 0 Å². The van der Waals surface area contributed by atoms with E-state index in [-0.39, 0.29) is 0 Å². The molecule has 0 aliphatic heterocycles. The molecule has 1 aromatic carbocycles. The lowest BCUT2D eigenvalue weighted by molar-refractivity contribution is 0.477. The van der Waals surface area contributed by atoms with Crippen molar-refractivity contribution in [2.45, 2.75) is 77.7 Å². The molecule has 0 heterocycles. The molecule has 20 heavy (non-hydrogen) atoms. The predicted molar refractivity (Wildman–Crippen MR) is 88.5 cm³/mol. The summed E-state index contributed by atoms with van der Waals surface area (Å²) in [5.74, 6) is 5.71. The van der Waals surface area contributed by atoms with Crippen LogP contribution in [0.2, 0.25) is 0 Å². The molecule has 2 nitrogen and oxygen atoms in total. The summed E-state index contributed by atoms with van der Waals surface area (Å²) < 4.78 is 0. The number of nitrogens with one attached hydrogen (secondary N) is 1. The predicted octanol–water partition coefficient (Wildman–Crippen LogP) is 4.89. The fourth-order valence-electron chi connectivity index (χ4n) is 2.68. The molecule has 0 bridgehead atoms. The molecule has 1 atom stereocenters. The SMILES string of the molecule is CCCCCCCCC(NN)c1ccc(CCC)cc1. The van der Waals surface area contributed by atoms with Crippen LogP contribution in [0.5, 0.6) is 0 Å². The van der Waals surface area contributed by atoms with Crippen molar-refractivity contribution in [1.82, 2.24) is 5.43 Å². The minimum Gasteiger partial charge on any atom is -0.271 e. The third kappa shape index (κ3) is 6.53. The standard InChI is InChI=1S/C18H32N2/c1-3-5-6-7-8-9-11-18(20-19)17-14-12-16(10-4-2)13-15-17/h12-15,18,20H,3-11,19H2,1-2H3. The van der Waals surface area contributed by atoms with Crippen molar-refractivity contribution in [1.29, 1.82) is 0 Å². The zero-order chi connectivity index (χ0) is 14.6. The lowest BCUT2D eigenvalue weighted by atomic mass is 9.98. The van der Waals surface area contributed by atoms with E-state index in [1.165, 1.54) is 62.5 Å². The van der Waals surface area contributed by atoms with Crippen LogP contribution >= 0.6 is 0 Å². The Bertz CT molecular complexity index is 332. The van der Waals surface area contributed by atoms with Gasteiger partial charge in [0.25, 0.3) is 0 Å². The molecule has 1 aromatic rings. The summed E-state index contributed by atoms with van der Waals surface area (Å²) in [4.78, 5) is 0. The van der Waals surface area contributed by atoms with Crippen LogP contribution in [0.3, 0.4) is 0 Å². The summed E-state index contributed by atoms with van der Waals surface area (Å²) in [6.45, 7) is 4.48. The minimum atomic E-state index is 0.303. The second-order valence-corrected chi connectivity index (χ2v) is 5.77. The van der Waals surface area contributed by atoms with Crippen LogP contribution in [0.15, 0.2) is 24.3 Å². The second-order valence-electron chi connectivity index (χ2n) is 5.77. The van der Waals surface area contributed by atoms with Crippen molar-refractivity contribution < 1.29 is 0 Å². The van der Waals surface area contributed by atoms with E-state index in [9.17, 15) is 0 Å². The van der Waals surface area contributed by atoms with Crippen molar-refractivity contribution in [3.05, 3.63) is 35.4 Å². The van der Waals surface area contributed by atoms with Gasteiger partial charge in [-0.05, 0) is 24.0 Å². The van der Waals surface area contributed by atoms with E-state index in [2.05, 4.69) is 43.5 Å². The first-order chi connectivity index (χ1) is 9.81. The van der Waals surface area contributed by atoms with Crippen molar-refractivity contribution in [2.75, 3.05) is 0 Å². The summed E-state index contributed by atoms with van der Waals surface area (Å²) in [5, 5.41) is 0. The van der Waals surface area contributed by atoms with Crippen LogP contribution in [-0.4, -0.2) is 0 Å². The molecule has 0 saturated carbocycles. The van der Waals surface area contributed by atoms with Gasteiger partial charge in [0.1, 0.15) is 0 Å². The molecule has 0 aliphatic rings. The Balaban J connectivity index is 2.33. The van der Waals surface area contributed by atoms with Gasteiger partial charge in [0.15, 0.2) is 0 Å². The summed E-state index contributed by atoms with van der Waals surface area (Å²) in [6.07, 6.45) is 11.5. The number of hydrazine groups is 1. The molecule has 0 aliphatic carbocycles. The van der Waals surface area contributed by atoms with Crippen LogP contribution in [-0.2, 0) is 6.42 Å². The first-order valence-electron chi connectivity index (χ1n) is 8.36. The van der Waals surface area contributed by atoms with Gasteiger partial charge in [-0.1, -0.05) is 83.1 Å². The third-order valence-electron chi connectivity index (χ3n) is 3.97. The third-order valence-corrected chi connectivity index (χ3v) is 3.97. The van der Waals surface area contributed by atoms with Gasteiger partial charge in [-0.15, -0.1) is 0 Å². The van der Waals surface area contributed by atoms with Gasteiger partial charge in [-0.2, -0.15) is 0 Å². The van der Waals surface area contributed by atoms with Crippen LogP contribution in [0.4, 0.5) is 0 Å². The maximum Gasteiger partial charge on any atom is 0.0460 e. The highest BCUT2D eigenvalue weighted by molar-refractivity contribution is 5.25. The number of nitrogens with two attached hydrogens (primary N) is 1. The molecule has 0 fully saturated rings. The van der Waals surface area contributed by atoms with Gasteiger partial charge in [-0.25, -0.2) is 0 Å². The van der Waals surface area contributed by atoms with Crippen LogP contribution < -0.4 is 11.3 Å². The average molecular weight is 276 g/mol. The van der Waals surface area contributed by atoms with E-state index in [0.717, 1.165) is 6.42 Å². The molecule has 0 spiro atoms. The van der Waals surface area contributed by atoms with Gasteiger partial charge in [0, 0.05) is 6.04 Å². The van der Waals surface area contributed by atoms with Crippen LogP contribution in [0, 0.1) is 0 Å². The molecule has 0 aromatic heterocycles. The van der Waals surface area contributed by atoms with Gasteiger partial charge < -0.3 is 0 Å². The topological polar surface area (TPSA) is 38.0 Å². The number of unbranched alkanes of at least 4 members (excludes halogenated alkanes) is 5. The molecule has 2 heteroatoms. The first-order valence-corrected chi connectivity index (χ1v) is 8.36. The number of benzene rings is 1. The minimum absolute atomic E-state index is 0.303. The van der Waals surface area contributed by atoms with E-state index in [0.29, 0.717) is 6.04 Å². The highest BCUT2D eigenvalue weighted by Crippen LogP contribution is 2.20. The number of aryl methyl sites for hydroxylation is 1. The largest absolute Gasteiger partial charge is 0.271 e. The molecule has 114 valence electrons. The molecular weight excluding hydrogens is 244 g/mol. The Labute approximate surface area is 125 Å². The lowest BCUT2D eigenvalue weighted by Gasteiger charge is -2.16. The molecule has 1 unspecified atom stereocenters. The van der Waals surface area contributed by atoms with E-state index >= 15 is 0 Å². The van der Waals surface area contributed by atoms with Gasteiger partial charge in [0.05, 0.1) is 0 Å².